The number of carbonyl (C=O) groups is 2. The van der Waals surface area contributed by atoms with Gasteiger partial charge < -0.3 is 23.9 Å². The molecule has 1 aromatic heterocycles. The van der Waals surface area contributed by atoms with Crippen molar-refractivity contribution in [3.63, 3.8) is 0 Å². The monoisotopic (exact) mass is 373 g/mol. The molecular weight excluding hydrogens is 350 g/mol. The maximum absolute atomic E-state index is 13.0. The van der Waals surface area contributed by atoms with E-state index < -0.39 is 5.97 Å². The van der Waals surface area contributed by atoms with Crippen molar-refractivity contribution in [2.24, 2.45) is 0 Å². The van der Waals surface area contributed by atoms with Gasteiger partial charge in [0.25, 0.3) is 5.91 Å². The van der Waals surface area contributed by atoms with Crippen LogP contribution in [0, 0.1) is 0 Å². The second-order valence-corrected chi connectivity index (χ2v) is 6.38. The number of carboxylic acids is 1. The molecule has 1 amide bonds. The summed E-state index contributed by atoms with van der Waals surface area (Å²) in [4.78, 5) is 26.1. The minimum atomic E-state index is -1.09. The third-order valence-corrected chi connectivity index (χ3v) is 4.88. The number of benzene rings is 1. The Morgan fingerprint density at radius 3 is 2.56 bits per heavy atom. The van der Waals surface area contributed by atoms with Crippen LogP contribution in [0.3, 0.4) is 0 Å². The molecule has 7 heteroatoms. The minimum Gasteiger partial charge on any atom is -0.493 e. The molecule has 27 heavy (non-hydrogen) atoms. The van der Waals surface area contributed by atoms with Crippen molar-refractivity contribution >= 4 is 11.9 Å². The summed E-state index contributed by atoms with van der Waals surface area (Å²) in [6.07, 6.45) is 2.08. The van der Waals surface area contributed by atoms with Crippen LogP contribution in [0.15, 0.2) is 28.7 Å². The molecule has 2 aromatic rings. The van der Waals surface area contributed by atoms with Crippen molar-refractivity contribution in [3.05, 3.63) is 46.9 Å². The molecule has 1 aliphatic heterocycles. The van der Waals surface area contributed by atoms with Gasteiger partial charge in [0.15, 0.2) is 17.3 Å². The summed E-state index contributed by atoms with van der Waals surface area (Å²) in [5.41, 5.74) is 0.988. The number of carboxylic acid groups (broad SMARTS) is 1. The lowest BCUT2D eigenvalue weighted by atomic mass is 10.0. The first-order chi connectivity index (χ1) is 13.0. The standard InChI is InChI=1S/C20H23NO6/c1-4-15-13(20(23)24)11-18(27-15)19(22)21-9-5-6-14(21)12-7-8-16(25-2)17(10-12)26-3/h7-8,10-11,14H,4-6,9H2,1-3H3,(H,23,24). The molecule has 2 heterocycles. The second kappa shape index (κ2) is 7.73. The van der Waals surface area contributed by atoms with E-state index in [1.54, 1.807) is 26.0 Å². The molecule has 1 aliphatic rings. The van der Waals surface area contributed by atoms with Crippen LogP contribution in [0.25, 0.3) is 0 Å². The number of ether oxygens (including phenoxy) is 2. The third-order valence-electron chi connectivity index (χ3n) is 4.88. The lowest BCUT2D eigenvalue weighted by Crippen LogP contribution is -2.30. The molecule has 1 N–H and O–H groups in total. The van der Waals surface area contributed by atoms with Gasteiger partial charge >= 0.3 is 5.97 Å². The SMILES string of the molecule is CCc1oc(C(=O)N2CCCC2c2ccc(OC)c(OC)c2)cc1C(=O)O. The highest BCUT2D eigenvalue weighted by molar-refractivity contribution is 5.96. The Bertz CT molecular complexity index is 856. The summed E-state index contributed by atoms with van der Waals surface area (Å²) >= 11 is 0. The molecule has 1 atom stereocenters. The van der Waals surface area contributed by atoms with Crippen molar-refractivity contribution in [1.82, 2.24) is 4.90 Å². The first-order valence-electron chi connectivity index (χ1n) is 8.89. The first kappa shape index (κ1) is 18.8. The van der Waals surface area contributed by atoms with Gasteiger partial charge in [0.05, 0.1) is 20.3 Å². The minimum absolute atomic E-state index is 0.0442. The zero-order chi connectivity index (χ0) is 19.6. The van der Waals surface area contributed by atoms with Crippen LogP contribution in [0.1, 0.15) is 58.0 Å². The fourth-order valence-corrected chi connectivity index (χ4v) is 3.54. The number of furan rings is 1. The Morgan fingerprint density at radius 2 is 1.96 bits per heavy atom. The Labute approximate surface area is 157 Å². The lowest BCUT2D eigenvalue weighted by Gasteiger charge is -2.25. The fraction of sp³-hybridized carbons (Fsp3) is 0.400. The summed E-state index contributed by atoms with van der Waals surface area (Å²) in [5.74, 6) is 0.224. The van der Waals surface area contributed by atoms with Gasteiger partial charge in [-0.15, -0.1) is 0 Å². The van der Waals surface area contributed by atoms with Crippen molar-refractivity contribution in [2.75, 3.05) is 20.8 Å². The molecule has 7 nitrogen and oxygen atoms in total. The normalized spacial score (nSPS) is 16.4. The predicted molar refractivity (Wildman–Crippen MR) is 97.6 cm³/mol. The van der Waals surface area contributed by atoms with E-state index in [1.165, 1.54) is 6.07 Å². The smallest absolute Gasteiger partial charge is 0.339 e. The zero-order valence-corrected chi connectivity index (χ0v) is 15.7. The topological polar surface area (TPSA) is 89.2 Å². The number of amides is 1. The average molecular weight is 373 g/mol. The molecule has 0 spiro atoms. The quantitative estimate of drug-likeness (QED) is 0.833. The van der Waals surface area contributed by atoms with Crippen molar-refractivity contribution in [1.29, 1.82) is 0 Å². The fourth-order valence-electron chi connectivity index (χ4n) is 3.54. The summed E-state index contributed by atoms with van der Waals surface area (Å²) in [5, 5.41) is 9.28. The number of hydrogen-bond acceptors (Lipinski definition) is 5. The van der Waals surface area contributed by atoms with Crippen LogP contribution in [0.2, 0.25) is 0 Å². The maximum atomic E-state index is 13.0. The average Bonchev–Trinajstić information content (AvgIpc) is 3.33. The molecule has 1 aromatic carbocycles. The number of likely N-dealkylation sites (tertiary alicyclic amines) is 1. The van der Waals surface area contributed by atoms with E-state index in [0.717, 1.165) is 18.4 Å². The van der Waals surface area contributed by atoms with Crippen molar-refractivity contribution in [3.8, 4) is 11.5 Å². The van der Waals surface area contributed by atoms with Crippen molar-refractivity contribution in [2.45, 2.75) is 32.2 Å². The molecule has 0 saturated carbocycles. The third kappa shape index (κ3) is 3.49. The van der Waals surface area contributed by atoms with Crippen LogP contribution in [0.5, 0.6) is 11.5 Å². The van der Waals surface area contributed by atoms with Crippen LogP contribution in [-0.2, 0) is 6.42 Å². The number of aryl methyl sites for hydroxylation is 1. The van der Waals surface area contributed by atoms with Gasteiger partial charge in [0.2, 0.25) is 0 Å². The highest BCUT2D eigenvalue weighted by Gasteiger charge is 2.33. The van der Waals surface area contributed by atoms with Gasteiger partial charge in [0, 0.05) is 19.0 Å². The largest absolute Gasteiger partial charge is 0.493 e. The van der Waals surface area contributed by atoms with E-state index in [-0.39, 0.29) is 23.3 Å². The molecule has 1 fully saturated rings. The molecule has 3 rings (SSSR count). The van der Waals surface area contributed by atoms with Gasteiger partial charge in [-0.1, -0.05) is 13.0 Å². The molecule has 1 unspecified atom stereocenters. The number of rotatable bonds is 6. The van der Waals surface area contributed by atoms with Crippen LogP contribution >= 0.6 is 0 Å². The molecule has 144 valence electrons. The maximum Gasteiger partial charge on any atom is 0.339 e. The number of aromatic carboxylic acids is 1. The molecular formula is C20H23NO6. The van der Waals surface area contributed by atoms with E-state index in [4.69, 9.17) is 13.9 Å². The molecule has 0 radical (unpaired) electrons. The highest BCUT2D eigenvalue weighted by atomic mass is 16.5. The number of carbonyl (C=O) groups excluding carboxylic acids is 1. The summed E-state index contributed by atoms with van der Waals surface area (Å²) < 4.78 is 16.2. The number of methoxy groups -OCH3 is 2. The van der Waals surface area contributed by atoms with Gasteiger partial charge in [-0.2, -0.15) is 0 Å². The Kier molecular flexibility index (Phi) is 5.39. The molecule has 0 aliphatic carbocycles. The Balaban J connectivity index is 1.90. The van der Waals surface area contributed by atoms with E-state index in [9.17, 15) is 14.7 Å². The zero-order valence-electron chi connectivity index (χ0n) is 15.7. The Hall–Kier alpha value is -2.96. The van der Waals surface area contributed by atoms with Crippen molar-refractivity contribution < 1.29 is 28.6 Å². The summed E-state index contributed by atoms with van der Waals surface area (Å²) in [7, 11) is 3.15. The van der Waals surface area contributed by atoms with Gasteiger partial charge in [-0.25, -0.2) is 4.79 Å². The van der Waals surface area contributed by atoms with E-state index in [2.05, 4.69) is 0 Å². The van der Waals surface area contributed by atoms with Crippen LogP contribution in [0.4, 0.5) is 0 Å². The van der Waals surface area contributed by atoms with Gasteiger partial charge in [-0.3, -0.25) is 4.79 Å². The molecule has 1 saturated heterocycles. The van der Waals surface area contributed by atoms with Crippen LogP contribution < -0.4 is 9.47 Å². The van der Waals surface area contributed by atoms with Gasteiger partial charge in [-0.05, 0) is 30.5 Å². The van der Waals surface area contributed by atoms with E-state index in [0.29, 0.717) is 30.2 Å². The second-order valence-electron chi connectivity index (χ2n) is 6.38. The Morgan fingerprint density at radius 1 is 1.22 bits per heavy atom. The summed E-state index contributed by atoms with van der Waals surface area (Å²) in [6.45, 7) is 2.38. The number of nitrogens with zero attached hydrogens (tertiary/aromatic N) is 1. The lowest BCUT2D eigenvalue weighted by molar-refractivity contribution is 0.0687. The summed E-state index contributed by atoms with van der Waals surface area (Å²) in [6, 6.07) is 6.81. The highest BCUT2D eigenvalue weighted by Crippen LogP contribution is 2.37. The van der Waals surface area contributed by atoms with E-state index in [1.807, 2.05) is 18.2 Å². The number of hydrogen-bond donors (Lipinski definition) is 1. The van der Waals surface area contributed by atoms with Crippen LogP contribution in [-0.4, -0.2) is 42.6 Å². The molecule has 0 bridgehead atoms. The first-order valence-corrected chi connectivity index (χ1v) is 8.89. The van der Waals surface area contributed by atoms with Gasteiger partial charge in [0.1, 0.15) is 11.3 Å². The van der Waals surface area contributed by atoms with E-state index >= 15 is 0 Å². The predicted octanol–water partition coefficient (Wildman–Crippen LogP) is 3.53.